The van der Waals surface area contributed by atoms with Crippen LogP contribution in [0.3, 0.4) is 0 Å². The van der Waals surface area contributed by atoms with Crippen molar-refractivity contribution in [2.45, 2.75) is 58.8 Å². The van der Waals surface area contributed by atoms with E-state index >= 15 is 0 Å². The van der Waals surface area contributed by atoms with Gasteiger partial charge in [0.05, 0.1) is 0 Å². The third-order valence-corrected chi connectivity index (χ3v) is 2.75. The van der Waals surface area contributed by atoms with E-state index in [2.05, 4.69) is 18.7 Å². The summed E-state index contributed by atoms with van der Waals surface area (Å²) in [6.45, 7) is 8.58. The minimum atomic E-state index is 0.351. The van der Waals surface area contributed by atoms with Crippen molar-refractivity contribution in [3.8, 4) is 0 Å². The normalized spacial score (nSPS) is 11.2. The number of hydrogen-bond acceptors (Lipinski definition) is 2. The zero-order valence-corrected chi connectivity index (χ0v) is 10.7. The molecule has 92 valence electrons. The molecule has 0 heterocycles. The average molecular weight is 215 g/mol. The first-order valence-electron chi connectivity index (χ1n) is 6.68. The summed E-state index contributed by atoms with van der Waals surface area (Å²) >= 11 is 0. The highest BCUT2D eigenvalue weighted by Gasteiger charge is 2.02. The van der Waals surface area contributed by atoms with Crippen LogP contribution >= 0.6 is 0 Å². The van der Waals surface area contributed by atoms with Crippen molar-refractivity contribution in [1.29, 1.82) is 0 Å². The van der Waals surface area contributed by atoms with Crippen LogP contribution in [0.25, 0.3) is 0 Å². The van der Waals surface area contributed by atoms with Crippen molar-refractivity contribution < 1.29 is 5.11 Å². The second-order valence-electron chi connectivity index (χ2n) is 4.33. The Morgan fingerprint density at radius 1 is 0.733 bits per heavy atom. The highest BCUT2D eigenvalue weighted by atomic mass is 16.2. The summed E-state index contributed by atoms with van der Waals surface area (Å²) in [4.78, 5) is 2.58. The van der Waals surface area contributed by atoms with Gasteiger partial charge in [0, 0.05) is 6.61 Å². The summed E-state index contributed by atoms with van der Waals surface area (Å²) in [5.41, 5.74) is 0. The molecule has 0 aromatic heterocycles. The molecule has 0 radical (unpaired) electrons. The Labute approximate surface area is 95.7 Å². The molecule has 0 aromatic carbocycles. The molecule has 15 heavy (non-hydrogen) atoms. The Bertz CT molecular complexity index is 117. The number of aliphatic hydroxyl groups is 1. The SMILES string of the molecule is CCCCCN(CCC)CCCCCO. The van der Waals surface area contributed by atoms with Crippen molar-refractivity contribution in [3.05, 3.63) is 0 Å². The van der Waals surface area contributed by atoms with Gasteiger partial charge in [-0.2, -0.15) is 0 Å². The number of aliphatic hydroxyl groups excluding tert-OH is 1. The van der Waals surface area contributed by atoms with E-state index in [1.165, 1.54) is 58.2 Å². The fraction of sp³-hybridized carbons (Fsp3) is 1.00. The van der Waals surface area contributed by atoms with Crippen molar-refractivity contribution >= 4 is 0 Å². The summed E-state index contributed by atoms with van der Waals surface area (Å²) < 4.78 is 0. The second-order valence-corrected chi connectivity index (χ2v) is 4.33. The summed E-state index contributed by atoms with van der Waals surface area (Å²) in [5, 5.41) is 8.69. The third-order valence-electron chi connectivity index (χ3n) is 2.75. The molecule has 0 aliphatic carbocycles. The molecule has 0 saturated carbocycles. The largest absolute Gasteiger partial charge is 0.396 e. The highest BCUT2D eigenvalue weighted by Crippen LogP contribution is 2.03. The summed E-state index contributed by atoms with van der Waals surface area (Å²) in [7, 11) is 0. The molecule has 0 fully saturated rings. The number of nitrogens with zero attached hydrogens (tertiary/aromatic N) is 1. The van der Waals surface area contributed by atoms with E-state index in [0.29, 0.717) is 6.61 Å². The Morgan fingerprint density at radius 3 is 1.93 bits per heavy atom. The van der Waals surface area contributed by atoms with Gasteiger partial charge in [-0.1, -0.05) is 26.7 Å². The van der Waals surface area contributed by atoms with Crippen molar-refractivity contribution in [2.24, 2.45) is 0 Å². The molecule has 2 nitrogen and oxygen atoms in total. The molecule has 0 aliphatic rings. The van der Waals surface area contributed by atoms with E-state index in [9.17, 15) is 0 Å². The van der Waals surface area contributed by atoms with Crippen molar-refractivity contribution in [1.82, 2.24) is 4.90 Å². The zero-order valence-electron chi connectivity index (χ0n) is 10.7. The molecule has 0 rings (SSSR count). The summed E-state index contributed by atoms with van der Waals surface area (Å²) in [5.74, 6) is 0. The smallest absolute Gasteiger partial charge is 0.0431 e. The first-order chi connectivity index (χ1) is 7.35. The van der Waals surface area contributed by atoms with E-state index in [0.717, 1.165) is 6.42 Å². The van der Waals surface area contributed by atoms with E-state index < -0.39 is 0 Å². The maximum Gasteiger partial charge on any atom is 0.0431 e. The van der Waals surface area contributed by atoms with Gasteiger partial charge in [-0.05, 0) is 51.7 Å². The van der Waals surface area contributed by atoms with Crippen LogP contribution in [0, 0.1) is 0 Å². The molecule has 0 aliphatic heterocycles. The summed E-state index contributed by atoms with van der Waals surface area (Å²) in [6, 6.07) is 0. The molecule has 2 heteroatoms. The van der Waals surface area contributed by atoms with Crippen LogP contribution in [-0.2, 0) is 0 Å². The lowest BCUT2D eigenvalue weighted by Gasteiger charge is -2.21. The average Bonchev–Trinajstić information content (AvgIpc) is 2.24. The molecule has 0 bridgehead atoms. The van der Waals surface area contributed by atoms with Crippen LogP contribution < -0.4 is 0 Å². The van der Waals surface area contributed by atoms with Crippen LogP contribution in [0.1, 0.15) is 58.8 Å². The topological polar surface area (TPSA) is 23.5 Å². The van der Waals surface area contributed by atoms with Crippen LogP contribution in [0.15, 0.2) is 0 Å². The monoisotopic (exact) mass is 215 g/mol. The second kappa shape index (κ2) is 12.0. The van der Waals surface area contributed by atoms with Crippen LogP contribution in [-0.4, -0.2) is 36.2 Å². The molecule has 0 unspecified atom stereocenters. The Morgan fingerprint density at radius 2 is 1.40 bits per heavy atom. The Balaban J connectivity index is 3.44. The Hall–Kier alpha value is -0.0800. The van der Waals surface area contributed by atoms with Crippen LogP contribution in [0.5, 0.6) is 0 Å². The molecule has 0 saturated heterocycles. The third kappa shape index (κ3) is 10.2. The minimum Gasteiger partial charge on any atom is -0.396 e. The van der Waals surface area contributed by atoms with Gasteiger partial charge in [-0.3, -0.25) is 0 Å². The van der Waals surface area contributed by atoms with Gasteiger partial charge < -0.3 is 10.0 Å². The van der Waals surface area contributed by atoms with Gasteiger partial charge in [0.25, 0.3) is 0 Å². The van der Waals surface area contributed by atoms with E-state index in [1.54, 1.807) is 0 Å². The summed E-state index contributed by atoms with van der Waals surface area (Å²) in [6.07, 6.45) is 8.65. The first-order valence-corrected chi connectivity index (χ1v) is 6.68. The molecule has 0 amide bonds. The molecule has 1 N–H and O–H groups in total. The van der Waals surface area contributed by atoms with Gasteiger partial charge in [-0.25, -0.2) is 0 Å². The number of hydrogen-bond donors (Lipinski definition) is 1. The van der Waals surface area contributed by atoms with Crippen molar-refractivity contribution in [3.63, 3.8) is 0 Å². The maximum absolute atomic E-state index is 8.69. The number of unbranched alkanes of at least 4 members (excludes halogenated alkanes) is 4. The van der Waals surface area contributed by atoms with Gasteiger partial charge in [0.1, 0.15) is 0 Å². The van der Waals surface area contributed by atoms with Gasteiger partial charge in [-0.15, -0.1) is 0 Å². The Kier molecular flexibility index (Phi) is 11.9. The lowest BCUT2D eigenvalue weighted by Crippen LogP contribution is -2.27. The number of rotatable bonds is 11. The lowest BCUT2D eigenvalue weighted by atomic mass is 10.2. The van der Waals surface area contributed by atoms with Crippen LogP contribution in [0.2, 0.25) is 0 Å². The van der Waals surface area contributed by atoms with Gasteiger partial charge >= 0.3 is 0 Å². The molecule has 0 atom stereocenters. The standard InChI is InChI=1S/C13H29NO/c1-3-5-7-11-14(10-4-2)12-8-6-9-13-15/h15H,3-13H2,1-2H3. The molecule has 0 aromatic rings. The lowest BCUT2D eigenvalue weighted by molar-refractivity contribution is 0.249. The van der Waals surface area contributed by atoms with Gasteiger partial charge in [0.15, 0.2) is 0 Å². The van der Waals surface area contributed by atoms with Crippen LogP contribution in [0.4, 0.5) is 0 Å². The van der Waals surface area contributed by atoms with E-state index in [1.807, 2.05) is 0 Å². The van der Waals surface area contributed by atoms with E-state index in [4.69, 9.17) is 5.11 Å². The molecule has 0 spiro atoms. The zero-order chi connectivity index (χ0) is 11.4. The molecular weight excluding hydrogens is 186 g/mol. The van der Waals surface area contributed by atoms with Crippen molar-refractivity contribution in [2.75, 3.05) is 26.2 Å². The minimum absolute atomic E-state index is 0.351. The van der Waals surface area contributed by atoms with E-state index in [-0.39, 0.29) is 0 Å². The predicted molar refractivity (Wildman–Crippen MR) is 67.2 cm³/mol. The highest BCUT2D eigenvalue weighted by molar-refractivity contribution is 4.57. The first kappa shape index (κ1) is 14.9. The fourth-order valence-electron chi connectivity index (χ4n) is 1.86. The quantitative estimate of drug-likeness (QED) is 0.535. The fourth-order valence-corrected chi connectivity index (χ4v) is 1.86. The van der Waals surface area contributed by atoms with Gasteiger partial charge in [0.2, 0.25) is 0 Å². The predicted octanol–water partition coefficient (Wildman–Crippen LogP) is 3.05. The maximum atomic E-state index is 8.69. The molecular formula is C13H29NO.